The van der Waals surface area contributed by atoms with Gasteiger partial charge < -0.3 is 15.4 Å². The molecule has 3 aromatic rings. The topological polar surface area (TPSA) is 65.1 Å². The summed E-state index contributed by atoms with van der Waals surface area (Å²) in [6.45, 7) is 8.21. The maximum atomic E-state index is 13.6. The third kappa shape index (κ3) is 5.51. The maximum Gasteiger partial charge on any atom is 0.252 e. The van der Waals surface area contributed by atoms with Crippen LogP contribution in [0.25, 0.3) is 10.9 Å². The number of aromatic nitrogens is 1. The lowest BCUT2D eigenvalue weighted by Gasteiger charge is -2.46. The quantitative estimate of drug-likeness (QED) is 0.295. The van der Waals surface area contributed by atoms with E-state index in [9.17, 15) is 14.3 Å². The lowest BCUT2D eigenvalue weighted by atomic mass is 9.66. The van der Waals surface area contributed by atoms with Crippen molar-refractivity contribution in [2.45, 2.75) is 24.4 Å². The van der Waals surface area contributed by atoms with E-state index in [0.717, 1.165) is 15.4 Å². The van der Waals surface area contributed by atoms with Gasteiger partial charge in [-0.1, -0.05) is 58.9 Å². The molecule has 0 saturated carbocycles. The predicted molar refractivity (Wildman–Crippen MR) is 145 cm³/mol. The fourth-order valence-corrected chi connectivity index (χ4v) is 5.57. The van der Waals surface area contributed by atoms with Crippen molar-refractivity contribution in [1.82, 2.24) is 10.3 Å². The number of aromatic amines is 1. The summed E-state index contributed by atoms with van der Waals surface area (Å²) in [5.74, 6) is -1.53. The number of hydrogen-bond acceptors (Lipinski definition) is 3. The highest BCUT2D eigenvalue weighted by Gasteiger charge is 2.47. The van der Waals surface area contributed by atoms with Gasteiger partial charge in [-0.15, -0.1) is 0 Å². The lowest BCUT2D eigenvalue weighted by molar-refractivity contribution is -0.0539. The molecule has 7 heteroatoms. The minimum absolute atomic E-state index is 0.262. The minimum Gasteiger partial charge on any atom is -0.388 e. The van der Waals surface area contributed by atoms with Crippen molar-refractivity contribution in [1.29, 1.82) is 0 Å². The number of piperidine rings is 1. The van der Waals surface area contributed by atoms with Crippen LogP contribution in [-0.2, 0) is 0 Å². The Bertz CT molecular complexity index is 1350. The van der Waals surface area contributed by atoms with Crippen LogP contribution in [0.3, 0.4) is 0 Å². The summed E-state index contributed by atoms with van der Waals surface area (Å²) >= 11 is 9.67. The number of aliphatic hydroxyl groups is 1. The first kappa shape index (κ1) is 25.6. The molecule has 0 spiro atoms. The molecule has 0 amide bonds. The number of nitrogens with one attached hydrogen (secondary N) is 2. The van der Waals surface area contributed by atoms with Crippen LogP contribution in [0, 0.1) is 5.92 Å². The Morgan fingerprint density at radius 2 is 2.03 bits per heavy atom. The van der Waals surface area contributed by atoms with Crippen LogP contribution in [0.15, 0.2) is 94.5 Å². The van der Waals surface area contributed by atoms with E-state index in [-0.39, 0.29) is 11.5 Å². The fourth-order valence-electron chi connectivity index (χ4n) is 5.06. The Morgan fingerprint density at radius 1 is 1.29 bits per heavy atom. The van der Waals surface area contributed by atoms with E-state index in [1.54, 1.807) is 18.2 Å². The number of allylic oxidation sites excluding steroid dienone is 4. The highest BCUT2D eigenvalue weighted by atomic mass is 79.9. The van der Waals surface area contributed by atoms with Crippen molar-refractivity contribution in [3.63, 3.8) is 0 Å². The molecule has 1 aromatic heterocycles. The van der Waals surface area contributed by atoms with Crippen LogP contribution < -0.4 is 10.9 Å². The summed E-state index contributed by atoms with van der Waals surface area (Å²) in [5.41, 5.74) is 1.03. The SMILES string of the molecule is C=C/C(=C\C(=C)F)CC1CNCCC1(O)C(c1ccc(Cl)cc1)c1cc2cc(Br)ccc2[nH]c1=O. The molecule has 0 radical (unpaired) electrons. The Kier molecular flexibility index (Phi) is 7.77. The normalized spacial score (nSPS) is 21.6. The molecule has 1 fully saturated rings. The van der Waals surface area contributed by atoms with E-state index in [1.165, 1.54) is 6.08 Å². The molecule has 2 heterocycles. The lowest BCUT2D eigenvalue weighted by Crippen LogP contribution is -2.54. The van der Waals surface area contributed by atoms with E-state index in [0.29, 0.717) is 47.6 Å². The van der Waals surface area contributed by atoms with Crippen LogP contribution >= 0.6 is 27.5 Å². The number of pyridine rings is 1. The number of benzene rings is 2. The van der Waals surface area contributed by atoms with Gasteiger partial charge in [-0.05, 0) is 78.4 Å². The molecule has 182 valence electrons. The molecule has 3 atom stereocenters. The van der Waals surface area contributed by atoms with Crippen molar-refractivity contribution in [2.75, 3.05) is 13.1 Å². The molecule has 4 rings (SSSR count). The van der Waals surface area contributed by atoms with Crippen LogP contribution in [-0.4, -0.2) is 28.8 Å². The molecule has 4 nitrogen and oxygen atoms in total. The predicted octanol–water partition coefficient (Wildman–Crippen LogP) is 6.40. The average Bonchev–Trinajstić information content (AvgIpc) is 2.81. The third-order valence-electron chi connectivity index (χ3n) is 6.74. The zero-order valence-electron chi connectivity index (χ0n) is 19.2. The van der Waals surface area contributed by atoms with Crippen LogP contribution in [0.2, 0.25) is 5.02 Å². The summed E-state index contributed by atoms with van der Waals surface area (Å²) in [6, 6.07) is 14.7. The van der Waals surface area contributed by atoms with Crippen molar-refractivity contribution in [3.8, 4) is 0 Å². The molecule has 0 bridgehead atoms. The van der Waals surface area contributed by atoms with Gasteiger partial charge in [0.2, 0.25) is 0 Å². The van der Waals surface area contributed by atoms with Gasteiger partial charge in [-0.25, -0.2) is 4.39 Å². The second kappa shape index (κ2) is 10.6. The van der Waals surface area contributed by atoms with Crippen LogP contribution in [0.4, 0.5) is 4.39 Å². The summed E-state index contributed by atoms with van der Waals surface area (Å²) < 4.78 is 14.5. The molecule has 2 aromatic carbocycles. The molecule has 3 N–H and O–H groups in total. The Labute approximate surface area is 217 Å². The fraction of sp³-hybridized carbons (Fsp3) is 0.250. The van der Waals surface area contributed by atoms with E-state index in [4.69, 9.17) is 11.6 Å². The van der Waals surface area contributed by atoms with Gasteiger partial charge in [0.15, 0.2) is 0 Å². The molecule has 0 aliphatic carbocycles. The minimum atomic E-state index is -1.30. The molecule has 35 heavy (non-hydrogen) atoms. The molecule has 3 unspecified atom stereocenters. The number of hydrogen-bond donors (Lipinski definition) is 3. The zero-order valence-corrected chi connectivity index (χ0v) is 21.5. The highest BCUT2D eigenvalue weighted by molar-refractivity contribution is 9.10. The Balaban J connectivity index is 1.91. The standard InChI is InChI=1S/C28H27BrClFN2O2/c1-3-18(12-17(2)31)13-21-16-32-11-10-28(21,35)26(19-4-7-23(30)8-5-19)24-15-20-14-22(29)6-9-25(20)33-27(24)34/h3-9,12,14-15,21,26,32,35H,1-2,10-11,13,16H2,(H,33,34)/b18-12+. The van der Waals surface area contributed by atoms with Gasteiger partial charge >= 0.3 is 0 Å². The summed E-state index contributed by atoms with van der Waals surface area (Å²) in [4.78, 5) is 16.4. The third-order valence-corrected chi connectivity index (χ3v) is 7.48. The summed E-state index contributed by atoms with van der Waals surface area (Å²) in [7, 11) is 0. The first-order chi connectivity index (χ1) is 16.7. The maximum absolute atomic E-state index is 13.6. The summed E-state index contributed by atoms with van der Waals surface area (Å²) in [6.07, 6.45) is 3.69. The van der Waals surface area contributed by atoms with E-state index >= 15 is 0 Å². The summed E-state index contributed by atoms with van der Waals surface area (Å²) in [5, 5.41) is 17.1. The van der Waals surface area contributed by atoms with E-state index in [2.05, 4.69) is 39.4 Å². The first-order valence-electron chi connectivity index (χ1n) is 11.4. The zero-order chi connectivity index (χ0) is 25.2. The number of halogens is 3. The largest absolute Gasteiger partial charge is 0.388 e. The Hall–Kier alpha value is -2.51. The van der Waals surface area contributed by atoms with Crippen LogP contribution in [0.1, 0.15) is 29.9 Å². The van der Waals surface area contributed by atoms with Gasteiger partial charge in [0, 0.05) is 39.0 Å². The molecule has 1 aliphatic heterocycles. The van der Waals surface area contributed by atoms with Gasteiger partial charge in [-0.3, -0.25) is 4.79 Å². The van der Waals surface area contributed by atoms with E-state index < -0.39 is 17.3 Å². The second-order valence-corrected chi connectivity index (χ2v) is 10.3. The molecular weight excluding hydrogens is 531 g/mol. The van der Waals surface area contributed by atoms with Gasteiger partial charge in [0.25, 0.3) is 5.56 Å². The smallest absolute Gasteiger partial charge is 0.252 e. The van der Waals surface area contributed by atoms with Crippen molar-refractivity contribution < 1.29 is 9.50 Å². The second-order valence-electron chi connectivity index (χ2n) is 8.99. The Morgan fingerprint density at radius 3 is 2.71 bits per heavy atom. The number of H-pyrrole nitrogens is 1. The molecule has 1 saturated heterocycles. The van der Waals surface area contributed by atoms with Gasteiger partial charge in [-0.2, -0.15) is 0 Å². The van der Waals surface area contributed by atoms with Crippen LogP contribution in [0.5, 0.6) is 0 Å². The van der Waals surface area contributed by atoms with Gasteiger partial charge in [0.1, 0.15) is 5.83 Å². The molecule has 1 aliphatic rings. The van der Waals surface area contributed by atoms with E-state index in [1.807, 2.05) is 36.4 Å². The van der Waals surface area contributed by atoms with Crippen molar-refractivity contribution >= 4 is 38.4 Å². The number of fused-ring (bicyclic) bond motifs is 1. The molecular formula is C28H27BrClFN2O2. The van der Waals surface area contributed by atoms with Crippen molar-refractivity contribution in [3.05, 3.63) is 116 Å². The highest BCUT2D eigenvalue weighted by Crippen LogP contribution is 2.45. The average molecular weight is 558 g/mol. The van der Waals surface area contributed by atoms with Crippen molar-refractivity contribution in [2.24, 2.45) is 5.92 Å². The first-order valence-corrected chi connectivity index (χ1v) is 12.6. The monoisotopic (exact) mass is 556 g/mol. The van der Waals surface area contributed by atoms with Gasteiger partial charge in [0.05, 0.1) is 5.60 Å². The number of rotatable bonds is 7.